The molecule has 0 bridgehead atoms. The molecule has 1 atom stereocenters. The van der Waals surface area contributed by atoms with Crippen LogP contribution in [0.2, 0.25) is 0 Å². The van der Waals surface area contributed by atoms with Crippen molar-refractivity contribution in [3.8, 4) is 0 Å². The van der Waals surface area contributed by atoms with E-state index in [-0.39, 0.29) is 35.9 Å². The molecule has 7 heteroatoms. The summed E-state index contributed by atoms with van der Waals surface area (Å²) in [5.74, 6) is -0.682. The number of hydrogen-bond acceptors (Lipinski definition) is 3. The maximum Gasteiger partial charge on any atom is 0.243 e. The van der Waals surface area contributed by atoms with Crippen molar-refractivity contribution in [2.45, 2.75) is 62.8 Å². The molecule has 4 rings (SSSR count). The lowest BCUT2D eigenvalue weighted by Gasteiger charge is -2.31. The van der Waals surface area contributed by atoms with Crippen LogP contribution < -0.4 is 5.32 Å². The van der Waals surface area contributed by atoms with Gasteiger partial charge in [-0.3, -0.25) is 4.79 Å². The van der Waals surface area contributed by atoms with Crippen molar-refractivity contribution in [1.29, 1.82) is 0 Å². The van der Waals surface area contributed by atoms with Crippen LogP contribution in [0.15, 0.2) is 47.4 Å². The number of piperidine rings is 1. The van der Waals surface area contributed by atoms with Gasteiger partial charge in [-0.2, -0.15) is 4.31 Å². The largest absolute Gasteiger partial charge is 0.349 e. The van der Waals surface area contributed by atoms with Crippen molar-refractivity contribution in [3.63, 3.8) is 0 Å². The molecular formula is C25H31FN2O3S. The van der Waals surface area contributed by atoms with Gasteiger partial charge >= 0.3 is 0 Å². The van der Waals surface area contributed by atoms with E-state index in [9.17, 15) is 17.6 Å². The summed E-state index contributed by atoms with van der Waals surface area (Å²) in [5.41, 5.74) is 3.98. The third-order valence-electron chi connectivity index (χ3n) is 6.78. The maximum atomic E-state index is 13.1. The van der Waals surface area contributed by atoms with Crippen LogP contribution in [0.1, 0.15) is 61.8 Å². The normalized spacial score (nSPS) is 18.7. The molecule has 1 N–H and O–H groups in total. The highest BCUT2D eigenvalue weighted by Gasteiger charge is 2.32. The number of nitrogens with zero attached hydrogens (tertiary/aromatic N) is 1. The number of carbonyl (C=O) groups is 1. The fourth-order valence-corrected chi connectivity index (χ4v) is 6.26. The average molecular weight is 459 g/mol. The van der Waals surface area contributed by atoms with Crippen molar-refractivity contribution in [2.24, 2.45) is 5.92 Å². The molecule has 1 fully saturated rings. The van der Waals surface area contributed by atoms with Crippen molar-refractivity contribution < 1.29 is 17.6 Å². The number of nitrogens with one attached hydrogen (secondary N) is 1. The molecule has 5 nitrogen and oxygen atoms in total. The molecular weight excluding hydrogens is 427 g/mol. The molecule has 0 unspecified atom stereocenters. The summed E-state index contributed by atoms with van der Waals surface area (Å²) in [6, 6.07) is 11.4. The van der Waals surface area contributed by atoms with Gasteiger partial charge in [0.2, 0.25) is 15.9 Å². The SMILES string of the molecule is CC[C@@H](NC(=O)C1CCN(S(=O)(=O)c2ccc(F)cc2)CC1)c1ccc2c(c1)CCCC2. The van der Waals surface area contributed by atoms with Crippen molar-refractivity contribution in [3.05, 3.63) is 65.0 Å². The monoisotopic (exact) mass is 458 g/mol. The zero-order chi connectivity index (χ0) is 22.7. The minimum absolute atomic E-state index is 0.00611. The van der Waals surface area contributed by atoms with Gasteiger partial charge < -0.3 is 5.32 Å². The standard InChI is InChI=1S/C25H31FN2O3S/c1-2-24(21-8-7-18-5-3-4-6-20(18)17-21)27-25(29)19-13-15-28(16-14-19)32(30,31)23-11-9-22(26)10-12-23/h7-12,17,19,24H,2-6,13-16H2,1H3,(H,27,29)/t24-/m1/s1. The third-order valence-corrected chi connectivity index (χ3v) is 8.69. The molecule has 172 valence electrons. The second kappa shape index (κ2) is 9.71. The van der Waals surface area contributed by atoms with Gasteiger partial charge in [0.1, 0.15) is 5.82 Å². The highest BCUT2D eigenvalue weighted by molar-refractivity contribution is 7.89. The van der Waals surface area contributed by atoms with E-state index >= 15 is 0 Å². The van der Waals surface area contributed by atoms with Crippen LogP contribution in [0.3, 0.4) is 0 Å². The lowest BCUT2D eigenvalue weighted by Crippen LogP contribution is -2.43. The first-order valence-corrected chi connectivity index (χ1v) is 13.0. The summed E-state index contributed by atoms with van der Waals surface area (Å²) in [6.07, 6.45) is 6.48. The minimum atomic E-state index is -3.67. The fourth-order valence-electron chi connectivity index (χ4n) is 4.79. The fraction of sp³-hybridized carbons (Fsp3) is 0.480. The lowest BCUT2D eigenvalue weighted by molar-refractivity contribution is -0.126. The van der Waals surface area contributed by atoms with Gasteiger partial charge in [-0.15, -0.1) is 0 Å². The Morgan fingerprint density at radius 1 is 1.06 bits per heavy atom. The van der Waals surface area contributed by atoms with Gasteiger partial charge in [-0.05, 0) is 85.9 Å². The molecule has 2 aromatic carbocycles. The van der Waals surface area contributed by atoms with Crippen LogP contribution in [0, 0.1) is 11.7 Å². The van der Waals surface area contributed by atoms with E-state index in [4.69, 9.17) is 0 Å². The number of fused-ring (bicyclic) bond motifs is 1. The highest BCUT2D eigenvalue weighted by atomic mass is 32.2. The molecule has 32 heavy (non-hydrogen) atoms. The van der Waals surface area contributed by atoms with E-state index in [1.165, 1.54) is 40.4 Å². The first-order chi connectivity index (χ1) is 15.4. The lowest BCUT2D eigenvalue weighted by atomic mass is 9.88. The third kappa shape index (κ3) is 4.89. The maximum absolute atomic E-state index is 13.1. The molecule has 1 heterocycles. The molecule has 0 aromatic heterocycles. The Morgan fingerprint density at radius 2 is 1.72 bits per heavy atom. The van der Waals surface area contributed by atoms with E-state index in [2.05, 4.69) is 30.4 Å². The van der Waals surface area contributed by atoms with E-state index in [1.54, 1.807) is 0 Å². The van der Waals surface area contributed by atoms with Gasteiger partial charge in [0.15, 0.2) is 0 Å². The first-order valence-electron chi connectivity index (χ1n) is 11.6. The zero-order valence-corrected chi connectivity index (χ0v) is 19.3. The van der Waals surface area contributed by atoms with Crippen LogP contribution in [0.25, 0.3) is 0 Å². The van der Waals surface area contributed by atoms with E-state index in [0.29, 0.717) is 12.8 Å². The van der Waals surface area contributed by atoms with Crippen LogP contribution in [-0.2, 0) is 27.7 Å². The van der Waals surface area contributed by atoms with Crippen LogP contribution in [0.4, 0.5) is 4.39 Å². The highest BCUT2D eigenvalue weighted by Crippen LogP contribution is 2.28. The Morgan fingerprint density at radius 3 is 2.38 bits per heavy atom. The number of benzene rings is 2. The topological polar surface area (TPSA) is 66.5 Å². The Bertz CT molecular complexity index is 1060. The summed E-state index contributed by atoms with van der Waals surface area (Å²) in [4.78, 5) is 13.1. The van der Waals surface area contributed by atoms with Crippen LogP contribution in [-0.4, -0.2) is 31.7 Å². The summed E-state index contributed by atoms with van der Waals surface area (Å²) >= 11 is 0. The first kappa shape index (κ1) is 22.9. The van der Waals surface area contributed by atoms with E-state index < -0.39 is 15.8 Å². The molecule has 0 saturated carbocycles. The van der Waals surface area contributed by atoms with Crippen molar-refractivity contribution >= 4 is 15.9 Å². The Labute approximate surface area is 190 Å². The predicted octanol–water partition coefficient (Wildman–Crippen LogP) is 4.37. The summed E-state index contributed by atoms with van der Waals surface area (Å²) in [6.45, 7) is 2.64. The second-order valence-electron chi connectivity index (χ2n) is 8.84. The predicted molar refractivity (Wildman–Crippen MR) is 122 cm³/mol. The molecule has 0 radical (unpaired) electrons. The molecule has 2 aliphatic rings. The van der Waals surface area contributed by atoms with Gasteiger partial charge in [-0.25, -0.2) is 12.8 Å². The number of halogens is 1. The Kier molecular flexibility index (Phi) is 6.96. The molecule has 1 aliphatic carbocycles. The van der Waals surface area contributed by atoms with Gasteiger partial charge in [-0.1, -0.05) is 25.1 Å². The van der Waals surface area contributed by atoms with Gasteiger partial charge in [0, 0.05) is 19.0 Å². The summed E-state index contributed by atoms with van der Waals surface area (Å²) in [5, 5.41) is 3.20. The molecule has 1 amide bonds. The van der Waals surface area contributed by atoms with Crippen LogP contribution >= 0.6 is 0 Å². The smallest absolute Gasteiger partial charge is 0.243 e. The summed E-state index contributed by atoms with van der Waals surface area (Å²) < 4.78 is 40.1. The average Bonchev–Trinajstić information content (AvgIpc) is 2.82. The molecule has 1 aliphatic heterocycles. The number of rotatable bonds is 6. The molecule has 1 saturated heterocycles. The number of carbonyl (C=O) groups excluding carboxylic acids is 1. The summed E-state index contributed by atoms with van der Waals surface area (Å²) in [7, 11) is -3.67. The number of amides is 1. The minimum Gasteiger partial charge on any atom is -0.349 e. The number of sulfonamides is 1. The van der Waals surface area contributed by atoms with E-state index in [1.807, 2.05) is 0 Å². The van der Waals surface area contributed by atoms with Crippen molar-refractivity contribution in [1.82, 2.24) is 9.62 Å². The quantitative estimate of drug-likeness (QED) is 0.699. The molecule has 0 spiro atoms. The Balaban J connectivity index is 1.37. The van der Waals surface area contributed by atoms with Gasteiger partial charge in [0.05, 0.1) is 10.9 Å². The second-order valence-corrected chi connectivity index (χ2v) is 10.8. The molecule has 2 aromatic rings. The van der Waals surface area contributed by atoms with Crippen LogP contribution in [0.5, 0.6) is 0 Å². The number of aryl methyl sites for hydroxylation is 2. The van der Waals surface area contributed by atoms with Gasteiger partial charge in [0.25, 0.3) is 0 Å². The zero-order valence-electron chi connectivity index (χ0n) is 18.5. The number of hydrogen-bond donors (Lipinski definition) is 1. The van der Waals surface area contributed by atoms with E-state index in [0.717, 1.165) is 37.0 Å². The Hall–Kier alpha value is -2.25. The van der Waals surface area contributed by atoms with Crippen molar-refractivity contribution in [2.75, 3.05) is 13.1 Å².